The fourth-order valence-corrected chi connectivity index (χ4v) is 5.41. The van der Waals surface area contributed by atoms with Crippen molar-refractivity contribution in [3.63, 3.8) is 0 Å². The molecule has 174 valence electrons. The number of hydrogen-bond donors (Lipinski definition) is 1. The molecule has 2 aromatic heterocycles. The van der Waals surface area contributed by atoms with Crippen molar-refractivity contribution in [3.8, 4) is 0 Å². The minimum atomic E-state index is -1.93. The van der Waals surface area contributed by atoms with Crippen LogP contribution in [0, 0.1) is 0 Å². The van der Waals surface area contributed by atoms with Crippen LogP contribution in [-0.4, -0.2) is 24.8 Å². The van der Waals surface area contributed by atoms with Gasteiger partial charge in [-0.2, -0.15) is 0 Å². The first-order valence-electron chi connectivity index (χ1n) is 11.7. The zero-order valence-electron chi connectivity index (χ0n) is 20.4. The predicted octanol–water partition coefficient (Wildman–Crippen LogP) is 7.69. The van der Waals surface area contributed by atoms with E-state index in [2.05, 4.69) is 67.5 Å². The summed E-state index contributed by atoms with van der Waals surface area (Å²) in [6.45, 7) is 13.2. The molecule has 0 atom stereocenters. The molecule has 7 heteroatoms. The van der Waals surface area contributed by atoms with Crippen LogP contribution in [0.15, 0.2) is 41.8 Å². The number of aromatic nitrogens is 1. The molecule has 1 N–H and O–H groups in total. The van der Waals surface area contributed by atoms with Crippen LogP contribution in [0.4, 0.5) is 11.4 Å². The minimum absolute atomic E-state index is 0.123. The van der Waals surface area contributed by atoms with Crippen LogP contribution in [0.3, 0.4) is 0 Å². The zero-order chi connectivity index (χ0) is 23.8. The average Bonchev–Trinajstić information content (AvgIpc) is 3.33. The molecule has 5 nitrogen and oxygen atoms in total. The third kappa shape index (κ3) is 4.75. The number of hydrogen-bond acceptors (Lipinski definition) is 6. The molecule has 2 heterocycles. The van der Waals surface area contributed by atoms with E-state index < -0.39 is 8.32 Å². The lowest BCUT2D eigenvalue weighted by Crippen LogP contribution is -2.39. The third-order valence-electron chi connectivity index (χ3n) is 6.73. The van der Waals surface area contributed by atoms with Gasteiger partial charge in [0.25, 0.3) is 8.32 Å². The van der Waals surface area contributed by atoms with Crippen molar-refractivity contribution in [1.29, 1.82) is 0 Å². The molecule has 1 aromatic carbocycles. The van der Waals surface area contributed by atoms with E-state index in [1.165, 1.54) is 22.5 Å². The van der Waals surface area contributed by atoms with Crippen molar-refractivity contribution in [2.75, 3.05) is 5.32 Å². The number of nitrogens with one attached hydrogen (secondary N) is 1. The molecule has 3 aromatic rings. The van der Waals surface area contributed by atoms with Gasteiger partial charge < -0.3 is 9.84 Å². The maximum Gasteiger partial charge on any atom is 0.286 e. The van der Waals surface area contributed by atoms with E-state index in [-0.39, 0.29) is 10.8 Å². The van der Waals surface area contributed by atoms with Crippen LogP contribution in [0.2, 0.25) is 18.1 Å². The van der Waals surface area contributed by atoms with Crippen molar-refractivity contribution >= 4 is 52.6 Å². The first kappa shape index (κ1) is 23.6. The number of thiophene rings is 1. The Morgan fingerprint density at radius 2 is 2.03 bits per heavy atom. The topological polar surface area (TPSA) is 63.6 Å². The maximum absolute atomic E-state index is 12.8. The number of benzene rings is 1. The molecule has 0 amide bonds. The van der Waals surface area contributed by atoms with E-state index in [0.29, 0.717) is 6.42 Å². The lowest BCUT2D eigenvalue weighted by Gasteiger charge is -2.33. The SMILES string of the molecule is CCCC(=O)c1sc2cnccc2c1Nc1ccc2c(c1)CCC2=NO[Si](C)(C)C(C)(C)C. The quantitative estimate of drug-likeness (QED) is 0.214. The molecule has 0 radical (unpaired) electrons. The molecule has 1 aliphatic carbocycles. The van der Waals surface area contributed by atoms with E-state index >= 15 is 0 Å². The first-order valence-corrected chi connectivity index (χ1v) is 15.4. The number of oxime groups is 1. The number of rotatable bonds is 7. The summed E-state index contributed by atoms with van der Waals surface area (Å²) >= 11 is 1.52. The summed E-state index contributed by atoms with van der Waals surface area (Å²) in [6, 6.07) is 8.36. The monoisotopic (exact) mass is 479 g/mol. The Kier molecular flexibility index (Phi) is 6.47. The van der Waals surface area contributed by atoms with Gasteiger partial charge >= 0.3 is 0 Å². The number of ketones is 1. The molecule has 0 spiro atoms. The molecular weight excluding hydrogens is 446 g/mol. The van der Waals surface area contributed by atoms with Crippen molar-refractivity contribution in [2.45, 2.75) is 71.5 Å². The summed E-state index contributed by atoms with van der Waals surface area (Å²) in [7, 11) is -1.93. The normalized spacial score (nSPS) is 15.2. The molecule has 0 saturated carbocycles. The van der Waals surface area contributed by atoms with Crippen LogP contribution < -0.4 is 5.32 Å². The summed E-state index contributed by atoms with van der Waals surface area (Å²) in [5, 5.41) is 9.33. The Morgan fingerprint density at radius 3 is 2.76 bits per heavy atom. The van der Waals surface area contributed by atoms with Gasteiger partial charge in [0.1, 0.15) is 0 Å². The van der Waals surface area contributed by atoms with E-state index in [1.807, 2.05) is 19.2 Å². The van der Waals surface area contributed by atoms with Gasteiger partial charge in [0, 0.05) is 35.5 Å². The van der Waals surface area contributed by atoms with Gasteiger partial charge in [0.15, 0.2) is 5.78 Å². The Balaban J connectivity index is 1.62. The van der Waals surface area contributed by atoms with Gasteiger partial charge in [0.05, 0.1) is 21.0 Å². The van der Waals surface area contributed by atoms with Gasteiger partial charge in [-0.1, -0.05) is 33.8 Å². The van der Waals surface area contributed by atoms with Gasteiger partial charge in [-0.3, -0.25) is 9.78 Å². The summed E-state index contributed by atoms with van der Waals surface area (Å²) < 4.78 is 7.16. The lowest BCUT2D eigenvalue weighted by atomic mass is 10.1. The number of fused-ring (bicyclic) bond motifs is 2. The number of carbonyl (C=O) groups is 1. The summed E-state index contributed by atoms with van der Waals surface area (Å²) in [5.41, 5.74) is 5.35. The summed E-state index contributed by atoms with van der Waals surface area (Å²) in [4.78, 5) is 17.8. The van der Waals surface area contributed by atoms with E-state index in [9.17, 15) is 4.79 Å². The van der Waals surface area contributed by atoms with Gasteiger partial charge in [0.2, 0.25) is 0 Å². The number of nitrogens with zero attached hydrogens (tertiary/aromatic N) is 2. The second kappa shape index (κ2) is 9.03. The zero-order valence-corrected chi connectivity index (χ0v) is 22.2. The van der Waals surface area contributed by atoms with Crippen LogP contribution in [0.25, 0.3) is 10.1 Å². The third-order valence-corrected chi connectivity index (χ3v) is 12.1. The molecule has 0 unspecified atom stereocenters. The molecule has 0 bridgehead atoms. The number of Topliss-reactive ketones (excluding diaryl/α,β-unsaturated/α-hetero) is 1. The van der Waals surface area contributed by atoms with Crippen LogP contribution in [0.1, 0.15) is 67.8 Å². The van der Waals surface area contributed by atoms with Gasteiger partial charge in [-0.05, 0) is 61.2 Å². The van der Waals surface area contributed by atoms with Crippen molar-refractivity contribution in [3.05, 3.63) is 52.7 Å². The van der Waals surface area contributed by atoms with E-state index in [1.54, 1.807) is 6.20 Å². The average molecular weight is 480 g/mol. The Bertz CT molecular complexity index is 1220. The highest BCUT2D eigenvalue weighted by molar-refractivity contribution is 7.21. The Labute approximate surface area is 201 Å². The predicted molar refractivity (Wildman–Crippen MR) is 142 cm³/mol. The second-order valence-electron chi connectivity index (χ2n) is 10.2. The molecule has 33 heavy (non-hydrogen) atoms. The second-order valence-corrected chi connectivity index (χ2v) is 16.0. The largest absolute Gasteiger partial charge is 0.455 e. The van der Waals surface area contributed by atoms with Crippen LogP contribution >= 0.6 is 11.3 Å². The molecule has 0 aliphatic heterocycles. The van der Waals surface area contributed by atoms with Gasteiger partial charge in [-0.25, -0.2) is 0 Å². The molecule has 0 fully saturated rings. The smallest absolute Gasteiger partial charge is 0.286 e. The van der Waals surface area contributed by atoms with Crippen molar-refractivity contribution in [2.24, 2.45) is 5.16 Å². The van der Waals surface area contributed by atoms with Crippen LogP contribution in [-0.2, 0) is 10.9 Å². The van der Waals surface area contributed by atoms with Crippen LogP contribution in [0.5, 0.6) is 0 Å². The lowest BCUT2D eigenvalue weighted by molar-refractivity contribution is 0.0986. The van der Waals surface area contributed by atoms with E-state index in [0.717, 1.165) is 51.3 Å². The summed E-state index contributed by atoms with van der Waals surface area (Å²) in [6.07, 6.45) is 6.83. The number of anilines is 2. The fourth-order valence-electron chi connectivity index (χ4n) is 3.71. The summed E-state index contributed by atoms with van der Waals surface area (Å²) in [5.74, 6) is 0.180. The molecule has 1 aliphatic rings. The Morgan fingerprint density at radius 1 is 1.24 bits per heavy atom. The number of pyridine rings is 1. The van der Waals surface area contributed by atoms with E-state index in [4.69, 9.17) is 4.53 Å². The highest BCUT2D eigenvalue weighted by Crippen LogP contribution is 2.39. The fraction of sp³-hybridized carbons (Fsp3) is 0.423. The Hall–Kier alpha value is -2.51. The standard InChI is InChI=1S/C26H33N3O2SSi/c1-7-8-22(30)25-24(20-13-14-27-16-23(20)32-25)28-18-10-11-19-17(15-18)9-12-21(19)29-31-33(5,6)26(2,3)4/h10-11,13-16,28H,7-9,12H2,1-6H3. The number of carbonyl (C=O) groups excluding carboxylic acids is 1. The van der Waals surface area contributed by atoms with Gasteiger partial charge in [-0.15, -0.1) is 16.5 Å². The molecule has 4 rings (SSSR count). The maximum atomic E-state index is 12.8. The molecule has 0 saturated heterocycles. The first-order chi connectivity index (χ1) is 15.6. The number of aryl methyl sites for hydroxylation is 1. The highest BCUT2D eigenvalue weighted by Gasteiger charge is 2.40. The molecular formula is C26H33N3O2SSi. The van der Waals surface area contributed by atoms with Crippen molar-refractivity contribution < 1.29 is 9.32 Å². The highest BCUT2D eigenvalue weighted by atomic mass is 32.1. The van der Waals surface area contributed by atoms with Crippen molar-refractivity contribution in [1.82, 2.24) is 4.98 Å². The minimum Gasteiger partial charge on any atom is -0.455 e.